The minimum atomic E-state index is -0.501. The molecule has 0 saturated heterocycles. The second-order valence-electron chi connectivity index (χ2n) is 5.27. The van der Waals surface area contributed by atoms with Crippen LogP contribution in [0.3, 0.4) is 0 Å². The predicted octanol–water partition coefficient (Wildman–Crippen LogP) is 2.40. The summed E-state index contributed by atoms with van der Waals surface area (Å²) in [6.45, 7) is 0.743. The summed E-state index contributed by atoms with van der Waals surface area (Å²) in [5.74, 6) is 0.505. The van der Waals surface area contributed by atoms with E-state index in [9.17, 15) is 9.18 Å². The van der Waals surface area contributed by atoms with Crippen LogP contribution in [-0.4, -0.2) is 28.2 Å². The van der Waals surface area contributed by atoms with Crippen molar-refractivity contribution in [2.45, 2.75) is 6.54 Å². The van der Waals surface area contributed by atoms with Crippen molar-refractivity contribution in [1.29, 1.82) is 0 Å². The summed E-state index contributed by atoms with van der Waals surface area (Å²) in [6.07, 6.45) is 0. The summed E-state index contributed by atoms with van der Waals surface area (Å²) in [6, 6.07) is 7.52. The van der Waals surface area contributed by atoms with Gasteiger partial charge in [0, 0.05) is 16.7 Å². The fraction of sp³-hybridized carbons (Fsp3) is 0.188. The van der Waals surface area contributed by atoms with Crippen molar-refractivity contribution in [3.63, 3.8) is 0 Å². The average molecular weight is 348 g/mol. The number of halogens is 2. The Morgan fingerprint density at radius 1 is 1.21 bits per heavy atom. The Balaban J connectivity index is 1.82. The summed E-state index contributed by atoms with van der Waals surface area (Å²) in [7, 11) is 0. The Labute approximate surface area is 140 Å². The molecule has 0 fully saturated rings. The molecule has 1 aromatic heterocycles. The van der Waals surface area contributed by atoms with E-state index in [2.05, 4.69) is 10.3 Å². The summed E-state index contributed by atoms with van der Waals surface area (Å²) in [4.78, 5) is 12.6. The molecule has 0 saturated carbocycles. The molecule has 122 valence electrons. The quantitative estimate of drug-likeness (QED) is 0.712. The topological polar surface area (TPSA) is 66.2 Å². The lowest BCUT2D eigenvalue weighted by molar-refractivity contribution is 0.172. The number of hydrogen-bond donors (Lipinski definition) is 0. The van der Waals surface area contributed by atoms with E-state index in [0.717, 1.165) is 4.68 Å². The van der Waals surface area contributed by atoms with Crippen molar-refractivity contribution < 1.29 is 13.9 Å². The molecule has 6 nitrogen and oxygen atoms in total. The predicted molar refractivity (Wildman–Crippen MR) is 85.3 cm³/mol. The largest absolute Gasteiger partial charge is 0.486 e. The van der Waals surface area contributed by atoms with Gasteiger partial charge in [-0.05, 0) is 18.2 Å². The normalized spacial score (nSPS) is 13.2. The molecule has 1 aliphatic heterocycles. The molecule has 0 bridgehead atoms. The highest BCUT2D eigenvalue weighted by molar-refractivity contribution is 6.31. The summed E-state index contributed by atoms with van der Waals surface area (Å²) in [5, 5.41) is 8.43. The van der Waals surface area contributed by atoms with Gasteiger partial charge in [0.15, 0.2) is 11.5 Å². The Morgan fingerprint density at radius 3 is 2.71 bits per heavy atom. The van der Waals surface area contributed by atoms with E-state index < -0.39 is 11.4 Å². The van der Waals surface area contributed by atoms with Gasteiger partial charge in [-0.15, -0.1) is 5.10 Å². The van der Waals surface area contributed by atoms with E-state index >= 15 is 0 Å². The number of rotatable bonds is 2. The highest BCUT2D eigenvalue weighted by atomic mass is 35.5. The first-order valence-electron chi connectivity index (χ1n) is 7.23. The zero-order chi connectivity index (χ0) is 16.7. The first-order chi connectivity index (χ1) is 11.6. The highest BCUT2D eigenvalue weighted by Gasteiger charge is 2.17. The Bertz CT molecular complexity index is 986. The molecular weight excluding hydrogens is 337 g/mol. The lowest BCUT2D eigenvalue weighted by Gasteiger charge is -2.18. The van der Waals surface area contributed by atoms with Gasteiger partial charge < -0.3 is 9.47 Å². The van der Waals surface area contributed by atoms with Gasteiger partial charge in [0.1, 0.15) is 24.5 Å². The van der Waals surface area contributed by atoms with Crippen LogP contribution >= 0.6 is 11.6 Å². The zero-order valence-corrected chi connectivity index (χ0v) is 13.1. The van der Waals surface area contributed by atoms with Gasteiger partial charge in [0.25, 0.3) is 5.56 Å². The molecule has 0 radical (unpaired) electrons. The van der Waals surface area contributed by atoms with Gasteiger partial charge in [-0.2, -0.15) is 0 Å². The van der Waals surface area contributed by atoms with E-state index in [0.29, 0.717) is 35.6 Å². The molecule has 2 aromatic carbocycles. The average Bonchev–Trinajstić information content (AvgIpc) is 2.59. The molecule has 0 amide bonds. The van der Waals surface area contributed by atoms with Crippen molar-refractivity contribution in [2.75, 3.05) is 13.2 Å². The van der Waals surface area contributed by atoms with Crippen molar-refractivity contribution in [1.82, 2.24) is 15.0 Å². The number of benzene rings is 2. The second-order valence-corrected chi connectivity index (χ2v) is 5.67. The molecule has 8 heteroatoms. The lowest BCUT2D eigenvalue weighted by atomic mass is 10.2. The Morgan fingerprint density at radius 2 is 1.96 bits per heavy atom. The first-order valence-corrected chi connectivity index (χ1v) is 7.61. The van der Waals surface area contributed by atoms with Crippen molar-refractivity contribution in [3.8, 4) is 11.5 Å². The smallest absolute Gasteiger partial charge is 0.278 e. The van der Waals surface area contributed by atoms with Crippen LogP contribution in [0.15, 0.2) is 35.1 Å². The van der Waals surface area contributed by atoms with Crippen molar-refractivity contribution in [3.05, 3.63) is 57.1 Å². The number of aromatic nitrogens is 3. The molecule has 0 atom stereocenters. The molecule has 3 aromatic rings. The molecule has 24 heavy (non-hydrogen) atoms. The van der Waals surface area contributed by atoms with E-state index in [1.165, 1.54) is 12.1 Å². The highest BCUT2D eigenvalue weighted by Crippen LogP contribution is 2.32. The minimum Gasteiger partial charge on any atom is -0.486 e. The molecule has 0 N–H and O–H groups in total. The van der Waals surface area contributed by atoms with Crippen LogP contribution in [0.25, 0.3) is 10.9 Å². The van der Waals surface area contributed by atoms with Gasteiger partial charge in [-0.1, -0.05) is 22.9 Å². The molecule has 1 aliphatic rings. The maximum Gasteiger partial charge on any atom is 0.278 e. The Hall–Kier alpha value is -2.67. The fourth-order valence-electron chi connectivity index (χ4n) is 2.55. The number of ether oxygens (including phenoxy) is 2. The second kappa shape index (κ2) is 5.76. The number of nitrogens with zero attached hydrogens (tertiary/aromatic N) is 3. The van der Waals surface area contributed by atoms with Crippen LogP contribution in [0.4, 0.5) is 4.39 Å². The van der Waals surface area contributed by atoms with Crippen LogP contribution in [0.5, 0.6) is 11.5 Å². The lowest BCUT2D eigenvalue weighted by Crippen LogP contribution is -2.26. The van der Waals surface area contributed by atoms with Crippen LogP contribution in [-0.2, 0) is 6.54 Å². The minimum absolute atomic E-state index is 0.109. The van der Waals surface area contributed by atoms with Gasteiger partial charge >= 0.3 is 0 Å². The van der Waals surface area contributed by atoms with Crippen LogP contribution in [0, 0.1) is 5.82 Å². The third kappa shape index (κ3) is 2.46. The number of fused-ring (bicyclic) bond motifs is 2. The zero-order valence-electron chi connectivity index (χ0n) is 12.3. The summed E-state index contributed by atoms with van der Waals surface area (Å²) >= 11 is 6.00. The van der Waals surface area contributed by atoms with Crippen molar-refractivity contribution in [2.24, 2.45) is 0 Å². The number of hydrogen-bond acceptors (Lipinski definition) is 5. The third-order valence-electron chi connectivity index (χ3n) is 3.76. The molecule has 0 spiro atoms. The van der Waals surface area contributed by atoms with Gasteiger partial charge in [0.2, 0.25) is 0 Å². The summed E-state index contributed by atoms with van der Waals surface area (Å²) < 4.78 is 25.9. The van der Waals surface area contributed by atoms with Crippen LogP contribution < -0.4 is 15.0 Å². The van der Waals surface area contributed by atoms with Gasteiger partial charge in [-0.3, -0.25) is 4.79 Å². The maximum absolute atomic E-state index is 13.9. The fourth-order valence-corrected chi connectivity index (χ4v) is 2.77. The third-order valence-corrected chi connectivity index (χ3v) is 4.11. The Kier molecular flexibility index (Phi) is 3.57. The van der Waals surface area contributed by atoms with E-state index in [1.54, 1.807) is 18.2 Å². The van der Waals surface area contributed by atoms with E-state index in [1.807, 2.05) is 0 Å². The van der Waals surface area contributed by atoms with Crippen molar-refractivity contribution >= 4 is 22.5 Å². The standard InChI is InChI=1S/C16H11ClFN3O3/c17-11-2-1-3-12(18)10(11)8-21-16(22)9-6-14-15(24-5-4-23-14)7-13(9)19-20-21/h1-3,6-7H,4-5,8H2. The molecule has 4 rings (SSSR count). The molecule has 0 unspecified atom stereocenters. The summed E-state index contributed by atoms with van der Waals surface area (Å²) in [5.41, 5.74) is 0.170. The molecule has 2 heterocycles. The van der Waals surface area contributed by atoms with Gasteiger partial charge in [-0.25, -0.2) is 9.07 Å². The SMILES string of the molecule is O=c1c2cc3c(cc2nnn1Cc1c(F)cccc1Cl)OCCO3. The maximum atomic E-state index is 13.9. The first kappa shape index (κ1) is 14.9. The van der Waals surface area contributed by atoms with E-state index in [4.69, 9.17) is 21.1 Å². The molecule has 0 aliphatic carbocycles. The van der Waals surface area contributed by atoms with Crippen LogP contribution in [0.1, 0.15) is 5.56 Å². The van der Waals surface area contributed by atoms with E-state index in [-0.39, 0.29) is 17.1 Å². The van der Waals surface area contributed by atoms with Gasteiger partial charge in [0.05, 0.1) is 11.9 Å². The van der Waals surface area contributed by atoms with Crippen LogP contribution in [0.2, 0.25) is 5.02 Å². The monoisotopic (exact) mass is 347 g/mol. The molecular formula is C16H11ClFN3O3.